The molecule has 0 saturated carbocycles. The van der Waals surface area contributed by atoms with Crippen LogP contribution < -0.4 is 5.73 Å². The SMILES string of the molecule is CCC(C)(N)c1ccc(O)cc1F. The Kier molecular flexibility index (Phi) is 2.57. The van der Waals surface area contributed by atoms with Gasteiger partial charge in [0.1, 0.15) is 11.6 Å². The zero-order valence-corrected chi connectivity index (χ0v) is 7.84. The molecule has 0 spiro atoms. The molecule has 3 heteroatoms. The van der Waals surface area contributed by atoms with Crippen molar-refractivity contribution < 1.29 is 9.50 Å². The van der Waals surface area contributed by atoms with Crippen molar-refractivity contribution in [3.63, 3.8) is 0 Å². The predicted molar refractivity (Wildman–Crippen MR) is 49.9 cm³/mol. The van der Waals surface area contributed by atoms with Crippen LogP contribution in [0.15, 0.2) is 18.2 Å². The van der Waals surface area contributed by atoms with Gasteiger partial charge in [-0.05, 0) is 19.4 Å². The summed E-state index contributed by atoms with van der Waals surface area (Å²) in [5, 5.41) is 9.00. The van der Waals surface area contributed by atoms with Crippen LogP contribution in [-0.4, -0.2) is 5.11 Å². The Balaban J connectivity index is 3.16. The van der Waals surface area contributed by atoms with E-state index in [-0.39, 0.29) is 5.75 Å². The Morgan fingerprint density at radius 1 is 1.54 bits per heavy atom. The molecule has 1 unspecified atom stereocenters. The number of aromatic hydroxyl groups is 1. The van der Waals surface area contributed by atoms with E-state index < -0.39 is 11.4 Å². The highest BCUT2D eigenvalue weighted by atomic mass is 19.1. The molecule has 0 aliphatic heterocycles. The maximum atomic E-state index is 13.3. The van der Waals surface area contributed by atoms with Gasteiger partial charge in [0.15, 0.2) is 0 Å². The summed E-state index contributed by atoms with van der Waals surface area (Å²) in [6.45, 7) is 3.66. The smallest absolute Gasteiger partial charge is 0.131 e. The molecule has 3 N–H and O–H groups in total. The Bertz CT molecular complexity index is 310. The van der Waals surface area contributed by atoms with E-state index in [1.807, 2.05) is 6.92 Å². The monoisotopic (exact) mass is 183 g/mol. The molecule has 0 radical (unpaired) electrons. The molecule has 1 atom stereocenters. The van der Waals surface area contributed by atoms with Crippen LogP contribution >= 0.6 is 0 Å². The Morgan fingerprint density at radius 3 is 2.62 bits per heavy atom. The highest BCUT2D eigenvalue weighted by Crippen LogP contribution is 2.26. The maximum absolute atomic E-state index is 13.3. The van der Waals surface area contributed by atoms with E-state index in [0.29, 0.717) is 12.0 Å². The molecule has 0 heterocycles. The third-order valence-electron chi connectivity index (χ3n) is 2.30. The second kappa shape index (κ2) is 3.34. The second-order valence-electron chi connectivity index (χ2n) is 3.44. The lowest BCUT2D eigenvalue weighted by Crippen LogP contribution is -2.32. The highest BCUT2D eigenvalue weighted by molar-refractivity contribution is 5.31. The molecule has 0 bridgehead atoms. The third kappa shape index (κ3) is 1.98. The normalized spacial score (nSPS) is 15.4. The van der Waals surface area contributed by atoms with Gasteiger partial charge >= 0.3 is 0 Å². The van der Waals surface area contributed by atoms with Crippen molar-refractivity contribution in [3.8, 4) is 5.75 Å². The Hall–Kier alpha value is -1.09. The first kappa shape index (κ1) is 9.99. The first-order valence-electron chi connectivity index (χ1n) is 4.25. The zero-order valence-electron chi connectivity index (χ0n) is 7.84. The Labute approximate surface area is 77.2 Å². The molecule has 0 aliphatic carbocycles. The minimum atomic E-state index is -0.669. The van der Waals surface area contributed by atoms with E-state index in [1.54, 1.807) is 6.92 Å². The van der Waals surface area contributed by atoms with E-state index in [9.17, 15) is 4.39 Å². The minimum absolute atomic E-state index is 0.0758. The summed E-state index contributed by atoms with van der Waals surface area (Å²) in [4.78, 5) is 0. The zero-order chi connectivity index (χ0) is 10.1. The molecule has 1 aromatic carbocycles. The van der Waals surface area contributed by atoms with Gasteiger partial charge in [0.2, 0.25) is 0 Å². The van der Waals surface area contributed by atoms with E-state index in [2.05, 4.69) is 0 Å². The minimum Gasteiger partial charge on any atom is -0.508 e. The van der Waals surface area contributed by atoms with Gasteiger partial charge in [-0.3, -0.25) is 0 Å². The molecule has 0 amide bonds. The number of phenolic OH excluding ortho intramolecular Hbond substituents is 1. The summed E-state index contributed by atoms with van der Waals surface area (Å²) in [5.74, 6) is -0.528. The topological polar surface area (TPSA) is 46.2 Å². The quantitative estimate of drug-likeness (QED) is 0.737. The van der Waals surface area contributed by atoms with Gasteiger partial charge in [0.25, 0.3) is 0 Å². The maximum Gasteiger partial charge on any atom is 0.131 e. The number of halogens is 1. The van der Waals surface area contributed by atoms with Crippen molar-refractivity contribution in [1.82, 2.24) is 0 Å². The van der Waals surface area contributed by atoms with Crippen LogP contribution in [0.1, 0.15) is 25.8 Å². The number of rotatable bonds is 2. The lowest BCUT2D eigenvalue weighted by molar-refractivity contribution is 0.434. The van der Waals surface area contributed by atoms with Crippen molar-refractivity contribution in [2.75, 3.05) is 0 Å². The second-order valence-corrected chi connectivity index (χ2v) is 3.44. The van der Waals surface area contributed by atoms with Crippen molar-refractivity contribution in [1.29, 1.82) is 0 Å². The molecule has 13 heavy (non-hydrogen) atoms. The van der Waals surface area contributed by atoms with Crippen molar-refractivity contribution in [2.24, 2.45) is 5.73 Å². The van der Waals surface area contributed by atoms with Gasteiger partial charge in [-0.1, -0.05) is 13.0 Å². The fourth-order valence-electron chi connectivity index (χ4n) is 1.16. The summed E-state index contributed by atoms with van der Waals surface area (Å²) < 4.78 is 13.3. The number of hydrogen-bond acceptors (Lipinski definition) is 2. The molecule has 0 aromatic heterocycles. The summed E-state index contributed by atoms with van der Waals surface area (Å²) >= 11 is 0. The van der Waals surface area contributed by atoms with Gasteiger partial charge < -0.3 is 10.8 Å². The molecular weight excluding hydrogens is 169 g/mol. The molecule has 0 fully saturated rings. The number of hydrogen-bond donors (Lipinski definition) is 2. The fourth-order valence-corrected chi connectivity index (χ4v) is 1.16. The van der Waals surface area contributed by atoms with Crippen LogP contribution in [-0.2, 0) is 5.54 Å². The van der Waals surface area contributed by atoms with E-state index >= 15 is 0 Å². The molecule has 1 aromatic rings. The Morgan fingerprint density at radius 2 is 2.15 bits per heavy atom. The lowest BCUT2D eigenvalue weighted by Gasteiger charge is -2.23. The first-order valence-corrected chi connectivity index (χ1v) is 4.25. The van der Waals surface area contributed by atoms with Gasteiger partial charge in [-0.15, -0.1) is 0 Å². The summed E-state index contributed by atoms with van der Waals surface area (Å²) in [7, 11) is 0. The number of phenols is 1. The highest BCUT2D eigenvalue weighted by Gasteiger charge is 2.22. The van der Waals surface area contributed by atoms with Gasteiger partial charge in [0, 0.05) is 17.2 Å². The molecule has 1 rings (SSSR count). The summed E-state index contributed by atoms with van der Waals surface area (Å²) in [6.07, 6.45) is 0.648. The van der Waals surface area contributed by atoms with E-state index in [0.717, 1.165) is 6.07 Å². The lowest BCUT2D eigenvalue weighted by atomic mass is 9.90. The van der Waals surface area contributed by atoms with Gasteiger partial charge in [0.05, 0.1) is 0 Å². The summed E-state index contributed by atoms with van der Waals surface area (Å²) in [6, 6.07) is 4.05. The van der Waals surface area contributed by atoms with Gasteiger partial charge in [-0.2, -0.15) is 0 Å². The predicted octanol–water partition coefficient (Wildman–Crippen LogP) is 2.12. The molecule has 2 nitrogen and oxygen atoms in total. The number of benzene rings is 1. The van der Waals surface area contributed by atoms with E-state index in [1.165, 1.54) is 12.1 Å². The van der Waals surface area contributed by atoms with Crippen LogP contribution in [0.5, 0.6) is 5.75 Å². The van der Waals surface area contributed by atoms with Crippen LogP contribution in [0.25, 0.3) is 0 Å². The average Bonchev–Trinajstić information content (AvgIpc) is 2.03. The van der Waals surface area contributed by atoms with Gasteiger partial charge in [-0.25, -0.2) is 4.39 Å². The van der Waals surface area contributed by atoms with Crippen LogP contribution in [0.2, 0.25) is 0 Å². The van der Waals surface area contributed by atoms with Crippen LogP contribution in [0.3, 0.4) is 0 Å². The third-order valence-corrected chi connectivity index (χ3v) is 2.30. The van der Waals surface area contributed by atoms with E-state index in [4.69, 9.17) is 10.8 Å². The van der Waals surface area contributed by atoms with Crippen LogP contribution in [0.4, 0.5) is 4.39 Å². The summed E-state index contributed by atoms with van der Waals surface area (Å²) in [5.41, 5.74) is 5.64. The standard InChI is InChI=1S/C10H14FNO/c1-3-10(2,12)8-5-4-7(13)6-9(8)11/h4-6,13H,3,12H2,1-2H3. The first-order chi connectivity index (χ1) is 5.97. The van der Waals surface area contributed by atoms with Crippen LogP contribution in [0, 0.1) is 5.82 Å². The number of nitrogens with two attached hydrogens (primary N) is 1. The van der Waals surface area contributed by atoms with Crippen molar-refractivity contribution in [2.45, 2.75) is 25.8 Å². The fraction of sp³-hybridized carbons (Fsp3) is 0.400. The van der Waals surface area contributed by atoms with Crippen molar-refractivity contribution >= 4 is 0 Å². The molecular formula is C10H14FNO. The molecule has 0 saturated heterocycles. The van der Waals surface area contributed by atoms with Crippen molar-refractivity contribution in [3.05, 3.63) is 29.6 Å². The average molecular weight is 183 g/mol. The largest absolute Gasteiger partial charge is 0.508 e. The molecule has 72 valence electrons. The molecule has 0 aliphatic rings.